The van der Waals surface area contributed by atoms with Crippen molar-refractivity contribution in [3.63, 3.8) is 0 Å². The molecule has 0 amide bonds. The van der Waals surface area contributed by atoms with Gasteiger partial charge in [0.1, 0.15) is 11.6 Å². The van der Waals surface area contributed by atoms with Gasteiger partial charge in [-0.3, -0.25) is 4.21 Å². The predicted octanol–water partition coefficient (Wildman–Crippen LogP) is -0.865. The van der Waals surface area contributed by atoms with Gasteiger partial charge in [0.25, 0.3) is 0 Å². The molecule has 6 N–H and O–H groups in total. The normalized spacial score (nSPS) is 12.1. The highest BCUT2D eigenvalue weighted by molar-refractivity contribution is 7.84. The molecule has 84 valence electrons. The van der Waals surface area contributed by atoms with E-state index >= 15 is 0 Å². The minimum Gasteiger partial charge on any atom is -0.369 e. The van der Waals surface area contributed by atoms with Crippen molar-refractivity contribution in [1.82, 2.24) is 9.97 Å². The van der Waals surface area contributed by atoms with Gasteiger partial charge in [-0.15, -0.1) is 0 Å². The Morgan fingerprint density at radius 3 is 2.73 bits per heavy atom. The molecular formula is C7H14N6OS. The summed E-state index contributed by atoms with van der Waals surface area (Å²) in [6.45, 7) is 0.559. The largest absolute Gasteiger partial charge is 0.369 e. The molecule has 0 fully saturated rings. The third-order valence-corrected chi connectivity index (χ3v) is 2.37. The number of nitrogen functional groups attached to an aromatic ring is 2. The third kappa shape index (κ3) is 4.09. The maximum Gasteiger partial charge on any atom is 0.223 e. The Hall–Kier alpha value is -1.41. The standard InChI is InChI=1S/C7H14N6OS/c1-15(14)3-2-10-5-4-6(13-9)12-7(8)11-5/h4H,2-3,9H2,1H3,(H4,8,10,11,12,13). The highest BCUT2D eigenvalue weighted by atomic mass is 32.2. The zero-order valence-electron chi connectivity index (χ0n) is 8.36. The molecule has 1 aromatic heterocycles. The van der Waals surface area contributed by atoms with Crippen molar-refractivity contribution in [2.75, 3.05) is 35.0 Å². The van der Waals surface area contributed by atoms with Crippen LogP contribution < -0.4 is 22.3 Å². The summed E-state index contributed by atoms with van der Waals surface area (Å²) in [7, 11) is -0.829. The molecule has 8 heteroatoms. The quantitative estimate of drug-likeness (QED) is 0.383. The van der Waals surface area contributed by atoms with E-state index in [2.05, 4.69) is 20.7 Å². The van der Waals surface area contributed by atoms with Gasteiger partial charge >= 0.3 is 0 Å². The Balaban J connectivity index is 2.60. The first-order valence-corrected chi connectivity index (χ1v) is 5.99. The van der Waals surface area contributed by atoms with Gasteiger partial charge in [-0.2, -0.15) is 9.97 Å². The fourth-order valence-corrected chi connectivity index (χ4v) is 1.34. The average molecular weight is 230 g/mol. The molecule has 1 aromatic rings. The molecule has 0 radical (unpaired) electrons. The minimum atomic E-state index is -0.829. The van der Waals surface area contributed by atoms with Crippen molar-refractivity contribution in [2.24, 2.45) is 5.84 Å². The van der Waals surface area contributed by atoms with Gasteiger partial charge in [-0.25, -0.2) is 5.84 Å². The Morgan fingerprint density at radius 2 is 2.13 bits per heavy atom. The third-order valence-electron chi connectivity index (χ3n) is 1.59. The van der Waals surface area contributed by atoms with Crippen LogP contribution in [0.15, 0.2) is 6.07 Å². The van der Waals surface area contributed by atoms with E-state index in [1.165, 1.54) is 0 Å². The Bertz CT molecular complexity index is 357. The molecule has 0 saturated carbocycles. The fourth-order valence-electron chi connectivity index (χ4n) is 0.953. The van der Waals surface area contributed by atoms with Gasteiger partial charge in [0.15, 0.2) is 0 Å². The fraction of sp³-hybridized carbons (Fsp3) is 0.429. The number of hydrazine groups is 1. The van der Waals surface area contributed by atoms with Crippen LogP contribution in [0.5, 0.6) is 0 Å². The smallest absolute Gasteiger partial charge is 0.223 e. The van der Waals surface area contributed by atoms with Crippen molar-refractivity contribution in [3.05, 3.63) is 6.07 Å². The first kappa shape index (κ1) is 11.7. The van der Waals surface area contributed by atoms with Crippen LogP contribution in [0, 0.1) is 0 Å². The maximum atomic E-state index is 10.8. The lowest BCUT2D eigenvalue weighted by molar-refractivity contribution is 0.687. The first-order valence-electron chi connectivity index (χ1n) is 4.27. The molecule has 0 aliphatic carbocycles. The monoisotopic (exact) mass is 230 g/mol. The van der Waals surface area contributed by atoms with Gasteiger partial charge in [0.05, 0.1) is 0 Å². The van der Waals surface area contributed by atoms with Gasteiger partial charge in [-0.05, 0) is 0 Å². The molecule has 1 atom stereocenters. The van der Waals surface area contributed by atoms with Crippen LogP contribution in [0.1, 0.15) is 0 Å². The van der Waals surface area contributed by atoms with Crippen LogP contribution in [0.3, 0.4) is 0 Å². The van der Waals surface area contributed by atoms with Crippen LogP contribution in [-0.4, -0.2) is 32.7 Å². The molecule has 1 unspecified atom stereocenters. The number of anilines is 3. The van der Waals surface area contributed by atoms with Crippen molar-refractivity contribution in [2.45, 2.75) is 0 Å². The molecule has 0 bridgehead atoms. The summed E-state index contributed by atoms with van der Waals surface area (Å²) in [5.74, 6) is 6.86. The minimum absolute atomic E-state index is 0.130. The second-order valence-corrected chi connectivity index (χ2v) is 4.40. The molecule has 0 spiro atoms. The van der Waals surface area contributed by atoms with Crippen LogP contribution >= 0.6 is 0 Å². The van der Waals surface area contributed by atoms with Crippen molar-refractivity contribution in [1.29, 1.82) is 0 Å². The van der Waals surface area contributed by atoms with E-state index in [-0.39, 0.29) is 5.95 Å². The molecule has 1 rings (SSSR count). The van der Waals surface area contributed by atoms with E-state index in [1.807, 2.05) is 0 Å². The number of hydrogen-bond donors (Lipinski definition) is 4. The predicted molar refractivity (Wildman–Crippen MR) is 61.7 cm³/mol. The highest BCUT2D eigenvalue weighted by Gasteiger charge is 2.00. The Labute approximate surface area is 90.1 Å². The van der Waals surface area contributed by atoms with Gasteiger partial charge in [-0.1, -0.05) is 0 Å². The molecule has 7 nitrogen and oxygen atoms in total. The second kappa shape index (κ2) is 5.47. The van der Waals surface area contributed by atoms with Crippen LogP contribution in [0.2, 0.25) is 0 Å². The lowest BCUT2D eigenvalue weighted by Gasteiger charge is -2.06. The van der Waals surface area contributed by atoms with E-state index in [0.29, 0.717) is 23.9 Å². The van der Waals surface area contributed by atoms with E-state index in [9.17, 15) is 4.21 Å². The molecule has 0 aromatic carbocycles. The number of hydrogen-bond acceptors (Lipinski definition) is 7. The summed E-state index contributed by atoms with van der Waals surface area (Å²) in [4.78, 5) is 7.77. The van der Waals surface area contributed by atoms with Gasteiger partial charge < -0.3 is 16.5 Å². The van der Waals surface area contributed by atoms with E-state index in [0.717, 1.165) is 0 Å². The van der Waals surface area contributed by atoms with E-state index in [4.69, 9.17) is 11.6 Å². The van der Waals surface area contributed by atoms with Crippen molar-refractivity contribution < 1.29 is 4.21 Å². The van der Waals surface area contributed by atoms with E-state index < -0.39 is 10.8 Å². The van der Waals surface area contributed by atoms with E-state index in [1.54, 1.807) is 12.3 Å². The zero-order chi connectivity index (χ0) is 11.3. The number of rotatable bonds is 5. The summed E-state index contributed by atoms with van der Waals surface area (Å²) in [6.07, 6.45) is 1.64. The summed E-state index contributed by atoms with van der Waals surface area (Å²) in [5.41, 5.74) is 7.83. The summed E-state index contributed by atoms with van der Waals surface area (Å²) in [6, 6.07) is 1.62. The van der Waals surface area contributed by atoms with Crippen LogP contribution in [0.25, 0.3) is 0 Å². The summed E-state index contributed by atoms with van der Waals surface area (Å²) < 4.78 is 10.8. The molecule has 15 heavy (non-hydrogen) atoms. The molecule has 0 saturated heterocycles. The van der Waals surface area contributed by atoms with Crippen LogP contribution in [-0.2, 0) is 10.8 Å². The van der Waals surface area contributed by atoms with Crippen molar-refractivity contribution in [3.8, 4) is 0 Å². The second-order valence-electron chi connectivity index (χ2n) is 2.85. The lowest BCUT2D eigenvalue weighted by atomic mass is 10.5. The average Bonchev–Trinajstić information content (AvgIpc) is 2.16. The zero-order valence-corrected chi connectivity index (χ0v) is 9.17. The number of nitrogens with zero attached hydrogens (tertiary/aromatic N) is 2. The van der Waals surface area contributed by atoms with Gasteiger partial charge in [0.2, 0.25) is 5.95 Å². The van der Waals surface area contributed by atoms with Crippen LogP contribution in [0.4, 0.5) is 17.6 Å². The Kier molecular flexibility index (Phi) is 4.25. The number of aromatic nitrogens is 2. The summed E-state index contributed by atoms with van der Waals surface area (Å²) in [5, 5.41) is 2.97. The summed E-state index contributed by atoms with van der Waals surface area (Å²) >= 11 is 0. The molecular weight excluding hydrogens is 216 g/mol. The van der Waals surface area contributed by atoms with Gasteiger partial charge in [0, 0.05) is 35.4 Å². The number of nitrogens with two attached hydrogens (primary N) is 2. The highest BCUT2D eigenvalue weighted by Crippen LogP contribution is 2.10. The number of nitrogens with one attached hydrogen (secondary N) is 2. The molecule has 1 heterocycles. The SMILES string of the molecule is CS(=O)CCNc1cc(NN)nc(N)n1. The van der Waals surface area contributed by atoms with Crippen molar-refractivity contribution >= 4 is 28.4 Å². The molecule has 0 aliphatic heterocycles. The maximum absolute atomic E-state index is 10.8. The Morgan fingerprint density at radius 1 is 1.47 bits per heavy atom. The lowest BCUT2D eigenvalue weighted by Crippen LogP contribution is -2.14. The topological polar surface area (TPSA) is 119 Å². The molecule has 0 aliphatic rings. The first-order chi connectivity index (χ1) is 7.11.